The van der Waals surface area contributed by atoms with E-state index in [9.17, 15) is 9.59 Å². The van der Waals surface area contributed by atoms with Crippen LogP contribution in [-0.4, -0.2) is 31.7 Å². The van der Waals surface area contributed by atoms with E-state index in [0.29, 0.717) is 23.5 Å². The molecule has 0 saturated carbocycles. The van der Waals surface area contributed by atoms with E-state index in [2.05, 4.69) is 4.99 Å². The van der Waals surface area contributed by atoms with Gasteiger partial charge in [-0.1, -0.05) is 12.1 Å². The number of benzene rings is 1. The summed E-state index contributed by atoms with van der Waals surface area (Å²) in [4.78, 5) is 29.6. The van der Waals surface area contributed by atoms with Crippen molar-refractivity contribution in [1.82, 2.24) is 0 Å². The van der Waals surface area contributed by atoms with Crippen molar-refractivity contribution in [3.8, 4) is 5.75 Å². The second kappa shape index (κ2) is 6.59. The molecule has 0 bridgehead atoms. The van der Waals surface area contributed by atoms with E-state index in [1.807, 2.05) is 31.2 Å². The summed E-state index contributed by atoms with van der Waals surface area (Å²) in [7, 11) is 2.96. The second-order valence-electron chi connectivity index (χ2n) is 6.15. The van der Waals surface area contributed by atoms with Crippen LogP contribution in [0, 0.1) is 5.92 Å². The zero-order chi connectivity index (χ0) is 17.3. The number of allylic oxidation sites excluding steroid dienone is 2. The minimum Gasteiger partial charge on any atom is -0.497 e. The van der Waals surface area contributed by atoms with E-state index in [4.69, 9.17) is 9.47 Å². The van der Waals surface area contributed by atoms with Gasteiger partial charge < -0.3 is 9.47 Å². The summed E-state index contributed by atoms with van der Waals surface area (Å²) >= 11 is 0. The second-order valence-corrected chi connectivity index (χ2v) is 6.15. The van der Waals surface area contributed by atoms with Crippen molar-refractivity contribution in [2.45, 2.75) is 32.1 Å². The van der Waals surface area contributed by atoms with Gasteiger partial charge in [-0.2, -0.15) is 0 Å². The maximum absolute atomic E-state index is 12.6. The molecule has 126 valence electrons. The maximum atomic E-state index is 12.6. The zero-order valence-electron chi connectivity index (χ0n) is 14.2. The van der Waals surface area contributed by atoms with E-state index < -0.39 is 5.92 Å². The largest absolute Gasteiger partial charge is 0.497 e. The number of ether oxygens (including phenoxy) is 2. The average molecular weight is 327 g/mol. The molecule has 0 radical (unpaired) electrons. The van der Waals surface area contributed by atoms with Gasteiger partial charge in [0, 0.05) is 29.3 Å². The van der Waals surface area contributed by atoms with Crippen molar-refractivity contribution in [1.29, 1.82) is 0 Å². The minimum atomic E-state index is -0.581. The molecule has 3 rings (SSSR count). The molecule has 1 aliphatic carbocycles. The minimum absolute atomic E-state index is 0.0780. The zero-order valence-corrected chi connectivity index (χ0v) is 14.2. The van der Waals surface area contributed by atoms with Crippen LogP contribution in [0.2, 0.25) is 0 Å². The van der Waals surface area contributed by atoms with Crippen LogP contribution in [0.5, 0.6) is 5.75 Å². The Morgan fingerprint density at radius 2 is 2.04 bits per heavy atom. The van der Waals surface area contributed by atoms with E-state index in [-0.39, 0.29) is 17.7 Å². The molecule has 0 saturated heterocycles. The van der Waals surface area contributed by atoms with Gasteiger partial charge in [-0.05, 0) is 37.5 Å². The van der Waals surface area contributed by atoms with E-state index in [1.54, 1.807) is 7.11 Å². The highest BCUT2D eigenvalue weighted by Gasteiger charge is 2.42. The summed E-state index contributed by atoms with van der Waals surface area (Å²) in [6.07, 6.45) is 2.08. The molecule has 24 heavy (non-hydrogen) atoms. The molecule has 0 spiro atoms. The fourth-order valence-corrected chi connectivity index (χ4v) is 3.63. The number of rotatable bonds is 3. The Hall–Kier alpha value is -2.43. The van der Waals surface area contributed by atoms with E-state index >= 15 is 0 Å². The molecule has 2 atom stereocenters. The summed E-state index contributed by atoms with van der Waals surface area (Å²) < 4.78 is 10.3. The van der Waals surface area contributed by atoms with Gasteiger partial charge in [0.2, 0.25) is 0 Å². The molecule has 2 aliphatic rings. The first kappa shape index (κ1) is 16.4. The number of carbonyl (C=O) groups is 2. The number of hydrogen-bond donors (Lipinski definition) is 0. The number of aliphatic imine (C=N–C) groups is 1. The van der Waals surface area contributed by atoms with Crippen LogP contribution in [0.3, 0.4) is 0 Å². The third-order valence-corrected chi connectivity index (χ3v) is 4.74. The van der Waals surface area contributed by atoms with Gasteiger partial charge in [-0.25, -0.2) is 0 Å². The van der Waals surface area contributed by atoms with Gasteiger partial charge in [0.1, 0.15) is 11.7 Å². The number of nitrogens with zero attached hydrogens (tertiary/aromatic N) is 1. The van der Waals surface area contributed by atoms with Gasteiger partial charge in [0.05, 0.1) is 14.2 Å². The summed E-state index contributed by atoms with van der Waals surface area (Å²) in [5.74, 6) is -0.541. The first-order valence-electron chi connectivity index (χ1n) is 8.10. The molecule has 0 fully saturated rings. The molecule has 0 amide bonds. The number of carbonyl (C=O) groups excluding carboxylic acids is 2. The lowest BCUT2D eigenvalue weighted by Crippen LogP contribution is -2.36. The third kappa shape index (κ3) is 2.75. The summed E-state index contributed by atoms with van der Waals surface area (Å²) in [6, 6.07) is 7.52. The molecule has 5 heteroatoms. The van der Waals surface area contributed by atoms with Crippen LogP contribution in [0.1, 0.15) is 37.7 Å². The van der Waals surface area contributed by atoms with E-state index in [1.165, 1.54) is 7.11 Å². The van der Waals surface area contributed by atoms with Crippen LogP contribution >= 0.6 is 0 Å². The normalized spacial score (nSPS) is 23.5. The van der Waals surface area contributed by atoms with Gasteiger partial charge in [0.25, 0.3) is 0 Å². The first-order chi connectivity index (χ1) is 11.6. The molecule has 1 heterocycles. The highest BCUT2D eigenvalue weighted by atomic mass is 16.5. The predicted molar refractivity (Wildman–Crippen MR) is 90.2 cm³/mol. The van der Waals surface area contributed by atoms with Crippen molar-refractivity contribution in [2.24, 2.45) is 10.9 Å². The van der Waals surface area contributed by atoms with Crippen molar-refractivity contribution in [3.63, 3.8) is 0 Å². The van der Waals surface area contributed by atoms with Gasteiger partial charge in [0.15, 0.2) is 5.78 Å². The van der Waals surface area contributed by atoms with Gasteiger partial charge in [-0.15, -0.1) is 0 Å². The van der Waals surface area contributed by atoms with Crippen LogP contribution in [0.15, 0.2) is 40.5 Å². The Morgan fingerprint density at radius 1 is 1.25 bits per heavy atom. The van der Waals surface area contributed by atoms with Crippen molar-refractivity contribution >= 4 is 17.5 Å². The molecule has 1 unspecified atom stereocenters. The maximum Gasteiger partial charge on any atom is 0.315 e. The molecular formula is C19H21NO4. The summed E-state index contributed by atoms with van der Waals surface area (Å²) in [5.41, 5.74) is 3.05. The van der Waals surface area contributed by atoms with Gasteiger partial charge in [-0.3, -0.25) is 14.6 Å². The standard InChI is InChI=1S/C19H21NO4/c1-11-16(19(22)24-3)17(12-6-4-7-13(10-12)23-2)18-14(20-11)8-5-9-15(18)21/h4,6-7,10,16-17H,5,8-9H2,1-3H3/t16?,17-/m1/s1. The summed E-state index contributed by atoms with van der Waals surface area (Å²) in [6.45, 7) is 1.83. The molecule has 5 nitrogen and oxygen atoms in total. The Kier molecular flexibility index (Phi) is 4.51. The van der Waals surface area contributed by atoms with Crippen LogP contribution in [-0.2, 0) is 14.3 Å². The molecule has 0 aromatic heterocycles. The smallest absolute Gasteiger partial charge is 0.315 e. The number of ketones is 1. The molecule has 1 aromatic carbocycles. The third-order valence-electron chi connectivity index (χ3n) is 4.74. The number of hydrogen-bond acceptors (Lipinski definition) is 5. The number of methoxy groups -OCH3 is 2. The molecule has 0 N–H and O–H groups in total. The van der Waals surface area contributed by atoms with Crippen molar-refractivity contribution < 1.29 is 19.1 Å². The fourth-order valence-electron chi connectivity index (χ4n) is 3.63. The topological polar surface area (TPSA) is 65.0 Å². The lowest BCUT2D eigenvalue weighted by molar-refractivity contribution is -0.143. The van der Waals surface area contributed by atoms with Crippen LogP contribution in [0.25, 0.3) is 0 Å². The lowest BCUT2D eigenvalue weighted by atomic mass is 9.72. The monoisotopic (exact) mass is 327 g/mol. The first-order valence-corrected chi connectivity index (χ1v) is 8.10. The average Bonchev–Trinajstić information content (AvgIpc) is 2.60. The Bertz CT molecular complexity index is 747. The Balaban J connectivity index is 2.18. The highest BCUT2D eigenvalue weighted by Crippen LogP contribution is 2.44. The highest BCUT2D eigenvalue weighted by molar-refractivity contribution is 6.08. The quantitative estimate of drug-likeness (QED) is 0.800. The number of esters is 1. The fraction of sp³-hybridized carbons (Fsp3) is 0.421. The molecular weight excluding hydrogens is 306 g/mol. The predicted octanol–water partition coefficient (Wildman–Crippen LogP) is 3.05. The van der Waals surface area contributed by atoms with Crippen LogP contribution in [0.4, 0.5) is 0 Å². The molecule has 1 aliphatic heterocycles. The Labute approximate surface area is 141 Å². The molecule has 1 aromatic rings. The van der Waals surface area contributed by atoms with E-state index in [0.717, 1.165) is 24.1 Å². The van der Waals surface area contributed by atoms with Crippen LogP contribution < -0.4 is 4.74 Å². The van der Waals surface area contributed by atoms with Crippen molar-refractivity contribution in [3.05, 3.63) is 41.1 Å². The number of Topliss-reactive ketones (excluding diaryl/α,β-unsaturated/α-hetero) is 1. The lowest BCUT2D eigenvalue weighted by Gasteiger charge is -2.34. The SMILES string of the molecule is COC(=O)C1C(C)=NC2=C(C(=O)CCC2)[C@@H]1c1cccc(OC)c1. The van der Waals surface area contributed by atoms with Crippen molar-refractivity contribution in [2.75, 3.05) is 14.2 Å². The summed E-state index contributed by atoms with van der Waals surface area (Å²) in [5, 5.41) is 0. The van der Waals surface area contributed by atoms with Gasteiger partial charge >= 0.3 is 5.97 Å². The Morgan fingerprint density at radius 3 is 2.75 bits per heavy atom.